The van der Waals surface area contributed by atoms with Crippen LogP contribution in [0.5, 0.6) is 0 Å². The third-order valence-electron chi connectivity index (χ3n) is 5.37. The van der Waals surface area contributed by atoms with Crippen molar-refractivity contribution in [2.24, 2.45) is 5.41 Å². The first-order valence-electron chi connectivity index (χ1n) is 8.75. The van der Waals surface area contributed by atoms with Crippen molar-refractivity contribution in [3.63, 3.8) is 0 Å². The maximum atomic E-state index is 12.3. The third kappa shape index (κ3) is 3.81. The first-order chi connectivity index (χ1) is 11.5. The van der Waals surface area contributed by atoms with E-state index < -0.39 is 0 Å². The van der Waals surface area contributed by atoms with Crippen LogP contribution in [-0.4, -0.2) is 65.1 Å². The van der Waals surface area contributed by atoms with Crippen LogP contribution in [0.3, 0.4) is 0 Å². The number of hydrogen-bond donors (Lipinski definition) is 1. The molecule has 1 amide bonds. The molecule has 6 heteroatoms. The average Bonchev–Trinajstić information content (AvgIpc) is 2.96. The molecule has 1 N–H and O–H groups in total. The fourth-order valence-electron chi connectivity index (χ4n) is 4.16. The minimum atomic E-state index is -0.322. The summed E-state index contributed by atoms with van der Waals surface area (Å²) in [5.41, 5.74) is -0.188. The van der Waals surface area contributed by atoms with Crippen LogP contribution in [0.25, 0.3) is 0 Å². The average molecular weight is 353 g/mol. The van der Waals surface area contributed by atoms with E-state index in [1.807, 2.05) is 30.2 Å². The number of carbonyl (C=O) groups is 1. The monoisotopic (exact) mass is 352 g/mol. The van der Waals surface area contributed by atoms with E-state index in [-0.39, 0.29) is 17.4 Å². The van der Waals surface area contributed by atoms with Crippen LogP contribution in [0.4, 0.5) is 0 Å². The Morgan fingerprint density at radius 2 is 2.25 bits per heavy atom. The molecule has 3 rings (SSSR count). The number of rotatable bonds is 4. The number of furan rings is 1. The molecule has 134 valence electrons. The Morgan fingerprint density at radius 3 is 2.96 bits per heavy atom. The van der Waals surface area contributed by atoms with Gasteiger partial charge in [-0.2, -0.15) is 11.8 Å². The van der Waals surface area contributed by atoms with E-state index in [1.54, 1.807) is 11.8 Å². The number of amides is 1. The highest BCUT2D eigenvalue weighted by Crippen LogP contribution is 2.39. The molecule has 2 aliphatic rings. The van der Waals surface area contributed by atoms with Gasteiger partial charge in [0.1, 0.15) is 11.5 Å². The Hall–Kier alpha value is -0.980. The summed E-state index contributed by atoms with van der Waals surface area (Å²) in [5, 5.41) is 10.7. The number of aliphatic hydroxyl groups excluding tert-OH is 1. The molecule has 1 aromatic rings. The first kappa shape index (κ1) is 17.8. The fraction of sp³-hybridized carbons (Fsp3) is 0.722. The molecule has 1 aromatic heterocycles. The summed E-state index contributed by atoms with van der Waals surface area (Å²) >= 11 is 1.57. The van der Waals surface area contributed by atoms with Gasteiger partial charge in [0, 0.05) is 31.6 Å². The molecular formula is C18H28N2O3S. The molecule has 2 aliphatic heterocycles. The fourth-order valence-corrected chi connectivity index (χ4v) is 4.58. The van der Waals surface area contributed by atoms with Gasteiger partial charge in [0.2, 0.25) is 5.91 Å². The summed E-state index contributed by atoms with van der Waals surface area (Å²) in [7, 11) is 0. The van der Waals surface area contributed by atoms with Crippen molar-refractivity contribution in [3.05, 3.63) is 23.7 Å². The van der Waals surface area contributed by atoms with Gasteiger partial charge in [-0.3, -0.25) is 9.69 Å². The van der Waals surface area contributed by atoms with Crippen molar-refractivity contribution < 1.29 is 14.3 Å². The van der Waals surface area contributed by atoms with E-state index in [0.717, 1.165) is 57.0 Å². The van der Waals surface area contributed by atoms with Gasteiger partial charge >= 0.3 is 0 Å². The zero-order valence-electron chi connectivity index (χ0n) is 14.7. The normalized spacial score (nSPS) is 28.5. The van der Waals surface area contributed by atoms with E-state index in [1.165, 1.54) is 0 Å². The number of hydrogen-bond acceptors (Lipinski definition) is 5. The van der Waals surface area contributed by atoms with Gasteiger partial charge in [0.05, 0.1) is 18.4 Å². The lowest BCUT2D eigenvalue weighted by Crippen LogP contribution is -2.59. The van der Waals surface area contributed by atoms with Crippen LogP contribution >= 0.6 is 11.8 Å². The third-order valence-corrected chi connectivity index (χ3v) is 5.90. The topological polar surface area (TPSA) is 56.9 Å². The predicted octanol–water partition coefficient (Wildman–Crippen LogP) is 2.13. The van der Waals surface area contributed by atoms with Crippen LogP contribution in [0.15, 0.2) is 16.5 Å². The lowest BCUT2D eigenvalue weighted by atomic mass is 9.71. The van der Waals surface area contributed by atoms with E-state index in [0.29, 0.717) is 12.3 Å². The van der Waals surface area contributed by atoms with Crippen molar-refractivity contribution in [1.82, 2.24) is 9.80 Å². The van der Waals surface area contributed by atoms with E-state index in [2.05, 4.69) is 4.90 Å². The van der Waals surface area contributed by atoms with Gasteiger partial charge in [-0.1, -0.05) is 0 Å². The maximum absolute atomic E-state index is 12.3. The maximum Gasteiger partial charge on any atom is 0.232 e. The van der Waals surface area contributed by atoms with Gasteiger partial charge < -0.3 is 14.4 Å². The highest BCUT2D eigenvalue weighted by atomic mass is 32.2. The van der Waals surface area contributed by atoms with Gasteiger partial charge in [-0.05, 0) is 44.6 Å². The van der Waals surface area contributed by atoms with E-state index in [4.69, 9.17) is 4.42 Å². The largest absolute Gasteiger partial charge is 0.465 e. The molecular weight excluding hydrogens is 324 g/mol. The summed E-state index contributed by atoms with van der Waals surface area (Å²) < 4.78 is 5.71. The Balaban J connectivity index is 1.68. The van der Waals surface area contributed by atoms with Crippen molar-refractivity contribution >= 4 is 17.7 Å². The minimum Gasteiger partial charge on any atom is -0.465 e. The molecule has 0 aromatic carbocycles. The van der Waals surface area contributed by atoms with Gasteiger partial charge in [0.25, 0.3) is 0 Å². The van der Waals surface area contributed by atoms with Crippen molar-refractivity contribution in [1.29, 1.82) is 0 Å². The molecule has 3 heterocycles. The Morgan fingerprint density at radius 1 is 1.42 bits per heavy atom. The van der Waals surface area contributed by atoms with Crippen LogP contribution < -0.4 is 0 Å². The van der Waals surface area contributed by atoms with Crippen LogP contribution in [0.2, 0.25) is 0 Å². The molecule has 0 saturated carbocycles. The lowest BCUT2D eigenvalue weighted by molar-refractivity contribution is -0.139. The highest BCUT2D eigenvalue weighted by Gasteiger charge is 2.46. The molecule has 0 unspecified atom stereocenters. The standard InChI is InChI=1S/C18H28N2O3S/c1-14-4-5-15(23-14)10-19-9-6-16(21)18(12-19)7-3-8-20(13-18)17(22)11-24-2/h4-5,16,21H,3,6-13H2,1-2H3/t16-,18-/m1/s1. The zero-order valence-corrected chi connectivity index (χ0v) is 15.5. The van der Waals surface area contributed by atoms with Crippen molar-refractivity contribution in [2.75, 3.05) is 38.2 Å². The molecule has 0 bridgehead atoms. The predicted molar refractivity (Wildman–Crippen MR) is 96.0 cm³/mol. The molecule has 1 spiro atoms. The molecule has 0 aliphatic carbocycles. The molecule has 2 saturated heterocycles. The molecule has 0 radical (unpaired) electrons. The summed E-state index contributed by atoms with van der Waals surface area (Å²) in [5.74, 6) is 2.64. The smallest absolute Gasteiger partial charge is 0.232 e. The lowest BCUT2D eigenvalue weighted by Gasteiger charge is -2.51. The Bertz CT molecular complexity index is 576. The summed E-state index contributed by atoms with van der Waals surface area (Å²) in [6.07, 6.45) is 4.37. The Labute approximate surface area is 148 Å². The minimum absolute atomic E-state index is 0.188. The summed E-state index contributed by atoms with van der Waals surface area (Å²) in [6, 6.07) is 4.02. The van der Waals surface area contributed by atoms with E-state index >= 15 is 0 Å². The van der Waals surface area contributed by atoms with Crippen molar-refractivity contribution in [3.8, 4) is 0 Å². The molecule has 2 fully saturated rings. The molecule has 5 nitrogen and oxygen atoms in total. The van der Waals surface area contributed by atoms with Crippen LogP contribution in [0, 0.1) is 12.3 Å². The second kappa shape index (κ2) is 7.50. The summed E-state index contributed by atoms with van der Waals surface area (Å²) in [6.45, 7) is 5.95. The van der Waals surface area contributed by atoms with Gasteiger partial charge in [-0.25, -0.2) is 0 Å². The van der Waals surface area contributed by atoms with E-state index in [9.17, 15) is 9.90 Å². The summed E-state index contributed by atoms with van der Waals surface area (Å²) in [4.78, 5) is 16.6. The highest BCUT2D eigenvalue weighted by molar-refractivity contribution is 7.99. The number of thioether (sulfide) groups is 1. The SMILES string of the molecule is CSCC(=O)N1CCC[C@@]2(CN(Cc3ccc(C)o3)CC[C@H]2O)C1. The van der Waals surface area contributed by atoms with Crippen LogP contribution in [-0.2, 0) is 11.3 Å². The number of nitrogens with zero attached hydrogens (tertiary/aromatic N) is 2. The van der Waals surface area contributed by atoms with Crippen LogP contribution in [0.1, 0.15) is 30.8 Å². The molecule has 2 atom stereocenters. The second-order valence-electron chi connectivity index (χ2n) is 7.24. The number of aliphatic hydroxyl groups is 1. The zero-order chi connectivity index (χ0) is 17.2. The number of carbonyl (C=O) groups excluding carboxylic acids is 1. The first-order valence-corrected chi connectivity index (χ1v) is 10.1. The van der Waals surface area contributed by atoms with Crippen molar-refractivity contribution in [2.45, 2.75) is 38.8 Å². The number of piperidine rings is 2. The number of likely N-dealkylation sites (tertiary alicyclic amines) is 2. The van der Waals surface area contributed by atoms with Gasteiger partial charge in [0.15, 0.2) is 0 Å². The quantitative estimate of drug-likeness (QED) is 0.900. The second-order valence-corrected chi connectivity index (χ2v) is 8.11. The van der Waals surface area contributed by atoms with Gasteiger partial charge in [-0.15, -0.1) is 0 Å². The Kier molecular flexibility index (Phi) is 5.57. The number of aryl methyl sites for hydroxylation is 1. The molecule has 24 heavy (non-hydrogen) atoms.